The molecule has 0 saturated heterocycles. The Hall–Kier alpha value is -1.66. The number of hydrogen-bond acceptors (Lipinski definition) is 6. The summed E-state index contributed by atoms with van der Waals surface area (Å²) in [5.41, 5.74) is 0. The first-order valence-corrected chi connectivity index (χ1v) is 8.12. The fourth-order valence-corrected chi connectivity index (χ4v) is 2.48. The van der Waals surface area contributed by atoms with Crippen molar-refractivity contribution in [1.29, 1.82) is 0 Å². The normalized spacial score (nSPS) is 14.1. The summed E-state index contributed by atoms with van der Waals surface area (Å²) in [5.74, 6) is 1.43. The van der Waals surface area contributed by atoms with Crippen LogP contribution in [0.4, 0.5) is 0 Å². The van der Waals surface area contributed by atoms with Gasteiger partial charge in [0.2, 0.25) is 0 Å². The number of hydrogen-bond donors (Lipinski definition) is 1. The van der Waals surface area contributed by atoms with Gasteiger partial charge in [0, 0.05) is 6.04 Å². The molecule has 112 valence electrons. The van der Waals surface area contributed by atoms with E-state index in [-0.39, 0.29) is 0 Å². The zero-order chi connectivity index (χ0) is 14.5. The molecular weight excluding hydrogens is 286 g/mol. The van der Waals surface area contributed by atoms with Gasteiger partial charge in [0.25, 0.3) is 5.19 Å². The Bertz CT molecular complexity index is 584. The van der Waals surface area contributed by atoms with Gasteiger partial charge in [-0.2, -0.15) is 0 Å². The monoisotopic (exact) mass is 305 g/mol. The van der Waals surface area contributed by atoms with E-state index in [0.717, 1.165) is 23.7 Å². The molecule has 6 heteroatoms. The maximum atomic E-state index is 5.80. The zero-order valence-corrected chi connectivity index (χ0v) is 12.9. The summed E-state index contributed by atoms with van der Waals surface area (Å²) in [5, 5.41) is 13.1. The smallest absolute Gasteiger partial charge is 0.299 e. The Morgan fingerprint density at radius 3 is 2.81 bits per heavy atom. The molecule has 1 heterocycles. The highest BCUT2D eigenvalue weighted by Crippen LogP contribution is 2.32. The van der Waals surface area contributed by atoms with Crippen molar-refractivity contribution in [2.24, 2.45) is 0 Å². The van der Waals surface area contributed by atoms with E-state index in [2.05, 4.69) is 22.4 Å². The lowest BCUT2D eigenvalue weighted by Crippen LogP contribution is -2.14. The predicted molar refractivity (Wildman–Crippen MR) is 82.1 cm³/mol. The van der Waals surface area contributed by atoms with Crippen molar-refractivity contribution in [3.05, 3.63) is 29.3 Å². The number of ether oxygens (including phenoxy) is 2. The molecule has 3 rings (SSSR count). The van der Waals surface area contributed by atoms with Gasteiger partial charge in [-0.1, -0.05) is 35.5 Å². The minimum absolute atomic E-state index is 0.551. The second-order valence-corrected chi connectivity index (χ2v) is 6.04. The first-order chi connectivity index (χ1) is 10.3. The molecule has 1 fully saturated rings. The van der Waals surface area contributed by atoms with Gasteiger partial charge >= 0.3 is 0 Å². The molecule has 0 aliphatic heterocycles. The highest BCUT2D eigenvalue weighted by molar-refractivity contribution is 7.13. The minimum atomic E-state index is 0.551. The Morgan fingerprint density at radius 1 is 1.24 bits per heavy atom. The van der Waals surface area contributed by atoms with E-state index >= 15 is 0 Å². The van der Waals surface area contributed by atoms with Crippen molar-refractivity contribution < 1.29 is 9.47 Å². The standard InChI is InChI=1S/C15H19N3O2S/c1-2-9-19-12-5-3-4-6-13(12)20-15-18-17-14(21-15)10-16-11-7-8-11/h3-6,11,16H,2,7-10H2,1H3. The lowest BCUT2D eigenvalue weighted by Gasteiger charge is -2.09. The van der Waals surface area contributed by atoms with E-state index < -0.39 is 0 Å². The molecule has 0 bridgehead atoms. The number of nitrogens with one attached hydrogen (secondary N) is 1. The highest BCUT2D eigenvalue weighted by Gasteiger charge is 2.21. The second kappa shape index (κ2) is 6.87. The zero-order valence-electron chi connectivity index (χ0n) is 12.0. The average Bonchev–Trinajstić information content (AvgIpc) is 3.24. The van der Waals surface area contributed by atoms with Crippen molar-refractivity contribution in [2.75, 3.05) is 6.61 Å². The molecule has 1 aromatic heterocycles. The molecular formula is C15H19N3O2S. The van der Waals surface area contributed by atoms with Crippen LogP contribution in [0.2, 0.25) is 0 Å². The Morgan fingerprint density at radius 2 is 2.05 bits per heavy atom. The lowest BCUT2D eigenvalue weighted by molar-refractivity contribution is 0.301. The fourth-order valence-electron chi connectivity index (χ4n) is 1.83. The van der Waals surface area contributed by atoms with Crippen molar-refractivity contribution >= 4 is 11.3 Å². The molecule has 1 aliphatic carbocycles. The molecule has 1 N–H and O–H groups in total. The van der Waals surface area contributed by atoms with Gasteiger partial charge in [0.15, 0.2) is 11.5 Å². The molecule has 0 unspecified atom stereocenters. The van der Waals surface area contributed by atoms with E-state index in [1.807, 2.05) is 24.3 Å². The first kappa shape index (κ1) is 14.3. The Labute approximate surface area is 128 Å². The average molecular weight is 305 g/mol. The summed E-state index contributed by atoms with van der Waals surface area (Å²) in [4.78, 5) is 0. The molecule has 2 aromatic rings. The summed E-state index contributed by atoms with van der Waals surface area (Å²) in [7, 11) is 0. The quantitative estimate of drug-likeness (QED) is 0.810. The molecule has 0 radical (unpaired) electrons. The van der Waals surface area contributed by atoms with Crippen LogP contribution in [0.25, 0.3) is 0 Å². The van der Waals surface area contributed by atoms with Gasteiger partial charge in [-0.25, -0.2) is 0 Å². The summed E-state index contributed by atoms with van der Waals surface area (Å²) >= 11 is 1.47. The molecule has 21 heavy (non-hydrogen) atoms. The number of aromatic nitrogens is 2. The number of nitrogens with zero attached hydrogens (tertiary/aromatic N) is 2. The Kier molecular flexibility index (Phi) is 4.67. The van der Waals surface area contributed by atoms with Crippen LogP contribution < -0.4 is 14.8 Å². The van der Waals surface area contributed by atoms with Crippen LogP contribution >= 0.6 is 11.3 Å². The first-order valence-electron chi connectivity index (χ1n) is 7.30. The van der Waals surface area contributed by atoms with E-state index in [4.69, 9.17) is 9.47 Å². The van der Waals surface area contributed by atoms with Gasteiger partial charge in [0.1, 0.15) is 5.01 Å². The third-order valence-corrected chi connectivity index (χ3v) is 3.88. The van der Waals surface area contributed by atoms with Crippen molar-refractivity contribution in [3.8, 4) is 16.7 Å². The largest absolute Gasteiger partial charge is 0.490 e. The molecule has 0 atom stereocenters. The highest BCUT2D eigenvalue weighted by atomic mass is 32.1. The molecule has 0 spiro atoms. The van der Waals surface area contributed by atoms with Crippen LogP contribution in [0.1, 0.15) is 31.2 Å². The molecule has 1 aromatic carbocycles. The van der Waals surface area contributed by atoms with Gasteiger partial charge in [0.05, 0.1) is 13.2 Å². The van der Waals surface area contributed by atoms with Crippen LogP contribution in [0.15, 0.2) is 24.3 Å². The molecule has 0 amide bonds. The maximum absolute atomic E-state index is 5.80. The number of para-hydroxylation sites is 2. The summed E-state index contributed by atoms with van der Waals surface area (Å²) in [6, 6.07) is 8.31. The lowest BCUT2D eigenvalue weighted by atomic mass is 10.3. The van der Waals surface area contributed by atoms with Crippen LogP contribution in [0.5, 0.6) is 16.7 Å². The fraction of sp³-hybridized carbons (Fsp3) is 0.467. The SMILES string of the molecule is CCCOc1ccccc1Oc1nnc(CNC2CC2)s1. The van der Waals surface area contributed by atoms with Crippen molar-refractivity contribution in [2.45, 2.75) is 38.8 Å². The van der Waals surface area contributed by atoms with Crippen LogP contribution in [0, 0.1) is 0 Å². The third-order valence-electron chi connectivity index (χ3n) is 3.08. The van der Waals surface area contributed by atoms with E-state index in [9.17, 15) is 0 Å². The van der Waals surface area contributed by atoms with Crippen LogP contribution in [-0.4, -0.2) is 22.8 Å². The van der Waals surface area contributed by atoms with Gasteiger partial charge in [-0.15, -0.1) is 5.10 Å². The van der Waals surface area contributed by atoms with Crippen molar-refractivity contribution in [1.82, 2.24) is 15.5 Å². The van der Waals surface area contributed by atoms with E-state index in [1.54, 1.807) is 0 Å². The van der Waals surface area contributed by atoms with Gasteiger partial charge < -0.3 is 14.8 Å². The molecule has 5 nitrogen and oxygen atoms in total. The summed E-state index contributed by atoms with van der Waals surface area (Å²) < 4.78 is 11.5. The van der Waals surface area contributed by atoms with Gasteiger partial charge in [-0.05, 0) is 31.4 Å². The predicted octanol–water partition coefficient (Wildman–Crippen LogP) is 3.37. The van der Waals surface area contributed by atoms with Crippen LogP contribution in [-0.2, 0) is 6.54 Å². The van der Waals surface area contributed by atoms with Gasteiger partial charge in [-0.3, -0.25) is 0 Å². The van der Waals surface area contributed by atoms with Crippen molar-refractivity contribution in [3.63, 3.8) is 0 Å². The number of rotatable bonds is 8. The number of benzene rings is 1. The Balaban J connectivity index is 1.62. The maximum Gasteiger partial charge on any atom is 0.299 e. The van der Waals surface area contributed by atoms with E-state index in [1.165, 1.54) is 24.2 Å². The molecule has 1 aliphatic rings. The van der Waals surface area contributed by atoms with E-state index in [0.29, 0.717) is 23.6 Å². The van der Waals surface area contributed by atoms with Crippen LogP contribution in [0.3, 0.4) is 0 Å². The topological polar surface area (TPSA) is 56.3 Å². The summed E-state index contributed by atoms with van der Waals surface area (Å²) in [6.07, 6.45) is 3.50. The molecule has 1 saturated carbocycles. The minimum Gasteiger partial charge on any atom is -0.490 e. The summed E-state index contributed by atoms with van der Waals surface area (Å²) in [6.45, 7) is 3.51. The second-order valence-electron chi connectivity index (χ2n) is 5.01. The third kappa shape index (κ3) is 4.15.